The minimum Gasteiger partial charge on any atom is -0.418 e. The largest absolute Gasteiger partial charge is 0.418 e. The predicted molar refractivity (Wildman–Crippen MR) is 80.0 cm³/mol. The van der Waals surface area contributed by atoms with Crippen LogP contribution >= 0.6 is 0 Å². The Kier molecular flexibility index (Phi) is 6.22. The van der Waals surface area contributed by atoms with Crippen molar-refractivity contribution < 1.29 is 32.8 Å². The summed E-state index contributed by atoms with van der Waals surface area (Å²) in [7, 11) is 0.628. The van der Waals surface area contributed by atoms with Crippen molar-refractivity contribution in [2.24, 2.45) is 0 Å². The molecule has 3 atom stereocenters. The summed E-state index contributed by atoms with van der Waals surface area (Å²) >= 11 is 0. The van der Waals surface area contributed by atoms with E-state index in [9.17, 15) is 0 Å². The Bertz CT molecular complexity index is 313. The molecule has 0 aliphatic carbocycles. The van der Waals surface area contributed by atoms with Gasteiger partial charge >= 0.3 is 0 Å². The van der Waals surface area contributed by atoms with Gasteiger partial charge in [0.25, 0.3) is 0 Å². The van der Waals surface area contributed by atoms with Crippen molar-refractivity contribution in [3.8, 4) is 0 Å². The van der Waals surface area contributed by atoms with Crippen LogP contribution < -0.4 is 0 Å². The van der Waals surface area contributed by atoms with Gasteiger partial charge in [-0.15, -0.1) is 0 Å². The van der Waals surface area contributed by atoms with E-state index >= 15 is 0 Å². The maximum Gasteiger partial charge on any atom is 0.147 e. The van der Waals surface area contributed by atoms with E-state index in [1.165, 1.54) is 0 Å². The third-order valence-electron chi connectivity index (χ3n) is 3.98. The lowest BCUT2D eigenvalue weighted by atomic mass is 10.0. The van der Waals surface area contributed by atoms with Gasteiger partial charge in [0, 0.05) is 13.0 Å². The second-order valence-electron chi connectivity index (χ2n) is 6.11. The molecule has 3 fully saturated rings. The van der Waals surface area contributed by atoms with E-state index in [0.29, 0.717) is 50.1 Å². The quantitative estimate of drug-likeness (QED) is 0.221. The van der Waals surface area contributed by atoms with Crippen LogP contribution in [0.15, 0.2) is 0 Å². The lowest BCUT2D eigenvalue weighted by Gasteiger charge is -2.32. The highest BCUT2D eigenvalue weighted by atomic mass is 28.2. The van der Waals surface area contributed by atoms with Gasteiger partial charge < -0.3 is 32.8 Å². The van der Waals surface area contributed by atoms with Crippen molar-refractivity contribution in [1.82, 2.24) is 0 Å². The Morgan fingerprint density at radius 3 is 1.68 bits per heavy atom. The van der Waals surface area contributed by atoms with E-state index in [0.717, 1.165) is 26.2 Å². The third kappa shape index (κ3) is 6.21. The van der Waals surface area contributed by atoms with Gasteiger partial charge in [-0.2, -0.15) is 0 Å². The van der Waals surface area contributed by atoms with Gasteiger partial charge in [0.15, 0.2) is 0 Å². The normalized spacial score (nSPS) is 31.9. The summed E-state index contributed by atoms with van der Waals surface area (Å²) < 4.78 is 38.5. The number of rotatable bonds is 14. The molecule has 0 aromatic heterocycles. The van der Waals surface area contributed by atoms with Crippen LogP contribution in [0.5, 0.6) is 0 Å². The second kappa shape index (κ2) is 8.16. The van der Waals surface area contributed by atoms with Crippen molar-refractivity contribution >= 4 is 10.5 Å². The van der Waals surface area contributed by atoms with E-state index in [1.807, 2.05) is 0 Å². The van der Waals surface area contributed by atoms with Crippen LogP contribution in [0, 0.1) is 0 Å². The zero-order valence-electron chi connectivity index (χ0n) is 13.2. The standard InChI is InChI=1S/C14H26O7Si/c22-21-14(9-16-4-12-7-19-12,10-17-5-13-8-20-13)1-2-15-3-11-6-18-11/h11-13H,1-10H2,22H3. The topological polar surface area (TPSA) is 74.5 Å². The molecule has 0 radical (unpaired) electrons. The Hall–Kier alpha value is -0.0631. The fourth-order valence-electron chi connectivity index (χ4n) is 2.12. The number of hydrogen-bond donors (Lipinski definition) is 0. The zero-order chi connectivity index (χ0) is 15.3. The van der Waals surface area contributed by atoms with Crippen molar-refractivity contribution in [2.45, 2.75) is 30.3 Å². The Morgan fingerprint density at radius 1 is 0.818 bits per heavy atom. The maximum atomic E-state index is 5.86. The number of epoxide rings is 3. The van der Waals surface area contributed by atoms with E-state index in [1.54, 1.807) is 0 Å². The molecular weight excluding hydrogens is 308 g/mol. The molecule has 0 aromatic carbocycles. The van der Waals surface area contributed by atoms with Crippen molar-refractivity contribution in [2.75, 3.05) is 59.5 Å². The molecule has 0 bridgehead atoms. The first-order valence-electron chi connectivity index (χ1n) is 7.93. The average molecular weight is 334 g/mol. The Labute approximate surface area is 134 Å². The van der Waals surface area contributed by atoms with Crippen LogP contribution in [0.1, 0.15) is 6.42 Å². The molecule has 0 spiro atoms. The van der Waals surface area contributed by atoms with E-state index in [2.05, 4.69) is 0 Å². The highest BCUT2D eigenvalue weighted by molar-refractivity contribution is 5.98. The van der Waals surface area contributed by atoms with Crippen molar-refractivity contribution in [1.29, 1.82) is 0 Å². The van der Waals surface area contributed by atoms with E-state index in [4.69, 9.17) is 32.8 Å². The molecule has 7 nitrogen and oxygen atoms in total. The van der Waals surface area contributed by atoms with Gasteiger partial charge in [0.1, 0.15) is 34.4 Å². The van der Waals surface area contributed by atoms with Crippen molar-refractivity contribution in [3.63, 3.8) is 0 Å². The fraction of sp³-hybridized carbons (Fsp3) is 1.00. The Morgan fingerprint density at radius 2 is 1.27 bits per heavy atom. The van der Waals surface area contributed by atoms with Gasteiger partial charge in [-0.05, 0) is 0 Å². The molecule has 0 N–H and O–H groups in total. The number of hydrogen-bond acceptors (Lipinski definition) is 7. The lowest BCUT2D eigenvalue weighted by Crippen LogP contribution is -2.44. The van der Waals surface area contributed by atoms with Crippen LogP contribution in [0.25, 0.3) is 0 Å². The van der Waals surface area contributed by atoms with Gasteiger partial charge in [-0.3, -0.25) is 0 Å². The van der Waals surface area contributed by atoms with Crippen LogP contribution in [-0.4, -0.2) is 93.9 Å². The lowest BCUT2D eigenvalue weighted by molar-refractivity contribution is -0.0934. The molecule has 3 heterocycles. The molecule has 3 aliphatic rings. The first kappa shape index (κ1) is 16.8. The summed E-state index contributed by atoms with van der Waals surface area (Å²) in [5.41, 5.74) is -0.430. The predicted octanol–water partition coefficient (Wildman–Crippen LogP) is -1.34. The molecule has 0 saturated carbocycles. The van der Waals surface area contributed by atoms with Gasteiger partial charge in [0.2, 0.25) is 0 Å². The molecule has 3 aliphatic heterocycles. The van der Waals surface area contributed by atoms with Gasteiger partial charge in [0.05, 0.1) is 52.9 Å². The summed E-state index contributed by atoms with van der Waals surface area (Å²) in [5, 5.41) is 0. The van der Waals surface area contributed by atoms with Gasteiger partial charge in [-0.25, -0.2) is 0 Å². The van der Waals surface area contributed by atoms with Crippen LogP contribution in [0.4, 0.5) is 0 Å². The second-order valence-corrected chi connectivity index (χ2v) is 6.52. The van der Waals surface area contributed by atoms with Crippen LogP contribution in [0.3, 0.4) is 0 Å². The summed E-state index contributed by atoms with van der Waals surface area (Å²) in [4.78, 5) is 0. The minimum absolute atomic E-state index is 0.260. The highest BCUT2D eigenvalue weighted by Crippen LogP contribution is 2.20. The summed E-state index contributed by atoms with van der Waals surface area (Å²) in [6.45, 7) is 5.95. The van der Waals surface area contributed by atoms with Crippen LogP contribution in [0.2, 0.25) is 0 Å². The summed E-state index contributed by atoms with van der Waals surface area (Å²) in [5.74, 6) is 0. The molecular formula is C14H26O7Si. The van der Waals surface area contributed by atoms with E-state index in [-0.39, 0.29) is 18.3 Å². The van der Waals surface area contributed by atoms with E-state index < -0.39 is 5.60 Å². The highest BCUT2D eigenvalue weighted by Gasteiger charge is 2.33. The molecule has 3 saturated heterocycles. The molecule has 128 valence electrons. The summed E-state index contributed by atoms with van der Waals surface area (Å²) in [6, 6.07) is 0. The molecule has 0 amide bonds. The minimum atomic E-state index is -0.430. The van der Waals surface area contributed by atoms with Crippen molar-refractivity contribution in [3.05, 3.63) is 0 Å². The average Bonchev–Trinajstić information content (AvgIpc) is 3.38. The third-order valence-corrected chi connectivity index (χ3v) is 4.85. The molecule has 3 rings (SSSR count). The molecule has 0 aromatic rings. The SMILES string of the molecule is [SiH3]OC(CCOCC1CO1)(COCC1CO1)COCC1CO1. The first-order valence-corrected chi connectivity index (χ1v) is 8.74. The first-order chi connectivity index (χ1) is 10.8. The Balaban J connectivity index is 1.38. The maximum absolute atomic E-state index is 5.86. The molecule has 8 heteroatoms. The monoisotopic (exact) mass is 334 g/mol. The molecule has 3 unspecified atom stereocenters. The molecule has 22 heavy (non-hydrogen) atoms. The summed E-state index contributed by atoms with van der Waals surface area (Å²) in [6.07, 6.45) is 1.56. The number of ether oxygens (including phenoxy) is 6. The fourth-order valence-corrected chi connectivity index (χ4v) is 2.56. The van der Waals surface area contributed by atoms with Gasteiger partial charge in [-0.1, -0.05) is 0 Å². The smallest absolute Gasteiger partial charge is 0.147 e. The zero-order valence-corrected chi connectivity index (χ0v) is 15.2. The van der Waals surface area contributed by atoms with Crippen LogP contribution in [-0.2, 0) is 32.8 Å².